The molecule has 29 heavy (non-hydrogen) atoms. The van der Waals surface area contributed by atoms with Gasteiger partial charge in [0.1, 0.15) is 6.10 Å². The predicted molar refractivity (Wildman–Crippen MR) is 114 cm³/mol. The summed E-state index contributed by atoms with van der Waals surface area (Å²) in [5, 5.41) is 13.4. The second kappa shape index (κ2) is 9.21. The smallest absolute Gasteiger partial charge is 0.223 e. The lowest BCUT2D eigenvalue weighted by Gasteiger charge is -2.38. The van der Waals surface area contributed by atoms with E-state index in [0.29, 0.717) is 11.7 Å². The molecule has 2 fully saturated rings. The Morgan fingerprint density at radius 2 is 1.93 bits per heavy atom. The molecule has 0 aromatic heterocycles. The van der Waals surface area contributed by atoms with Crippen molar-refractivity contribution in [3.05, 3.63) is 36.4 Å². The summed E-state index contributed by atoms with van der Waals surface area (Å²) in [6.07, 6.45) is 7.98. The van der Waals surface area contributed by atoms with Crippen molar-refractivity contribution < 1.29 is 19.4 Å². The largest absolute Gasteiger partial charge is 0.493 e. The van der Waals surface area contributed by atoms with Crippen LogP contribution < -0.4 is 14.8 Å². The van der Waals surface area contributed by atoms with E-state index in [1.54, 1.807) is 7.11 Å². The highest BCUT2D eigenvalue weighted by Crippen LogP contribution is 2.37. The summed E-state index contributed by atoms with van der Waals surface area (Å²) in [4.78, 5) is 12.6. The van der Waals surface area contributed by atoms with Gasteiger partial charge in [-0.3, -0.25) is 4.79 Å². The molecule has 1 aromatic carbocycles. The number of aliphatic hydroxyl groups is 1. The van der Waals surface area contributed by atoms with Crippen LogP contribution in [-0.2, 0) is 11.2 Å². The molecule has 0 bridgehead atoms. The number of allylic oxidation sites excluding steroid dienone is 1. The molecule has 2 N–H and O–H groups in total. The molecule has 1 amide bonds. The van der Waals surface area contributed by atoms with Gasteiger partial charge in [0.05, 0.1) is 12.7 Å². The van der Waals surface area contributed by atoms with Crippen LogP contribution in [-0.4, -0.2) is 35.9 Å². The molecule has 0 atom stereocenters. The highest BCUT2D eigenvalue weighted by molar-refractivity contribution is 5.80. The third kappa shape index (κ3) is 5.53. The average Bonchev–Trinajstić information content (AvgIpc) is 2.64. The summed E-state index contributed by atoms with van der Waals surface area (Å²) >= 11 is 0. The second-order valence-electron chi connectivity index (χ2n) is 9.10. The summed E-state index contributed by atoms with van der Waals surface area (Å²) in [7, 11) is 1.64. The van der Waals surface area contributed by atoms with Crippen molar-refractivity contribution in [2.75, 3.05) is 7.11 Å². The molecule has 1 aromatic rings. The number of methoxy groups -OCH3 is 1. The van der Waals surface area contributed by atoms with Crippen LogP contribution in [0.25, 0.3) is 0 Å². The van der Waals surface area contributed by atoms with Gasteiger partial charge in [-0.2, -0.15) is 0 Å². The molecule has 2 saturated carbocycles. The Hall–Kier alpha value is -2.01. The Morgan fingerprint density at radius 1 is 1.24 bits per heavy atom. The lowest BCUT2D eigenvalue weighted by molar-refractivity contribution is -0.131. The van der Waals surface area contributed by atoms with Crippen LogP contribution in [0.3, 0.4) is 0 Å². The first-order chi connectivity index (χ1) is 13.8. The van der Waals surface area contributed by atoms with Gasteiger partial charge >= 0.3 is 0 Å². The lowest BCUT2D eigenvalue weighted by Crippen LogP contribution is -2.48. The Kier molecular flexibility index (Phi) is 6.89. The first kappa shape index (κ1) is 21.7. The van der Waals surface area contributed by atoms with E-state index in [1.165, 1.54) is 0 Å². The lowest BCUT2D eigenvalue weighted by atomic mass is 9.76. The minimum atomic E-state index is -0.627. The van der Waals surface area contributed by atoms with Crippen molar-refractivity contribution in [2.24, 2.45) is 11.8 Å². The first-order valence-electron chi connectivity index (χ1n) is 10.8. The predicted octanol–water partition coefficient (Wildman–Crippen LogP) is 4.03. The van der Waals surface area contributed by atoms with Crippen molar-refractivity contribution in [3.63, 3.8) is 0 Å². The molecule has 5 nitrogen and oxygen atoms in total. The molecule has 0 saturated heterocycles. The quantitative estimate of drug-likeness (QED) is 0.646. The molecule has 3 rings (SSSR count). The fourth-order valence-electron chi connectivity index (χ4n) is 4.43. The number of benzene rings is 1. The normalized spacial score (nSPS) is 26.9. The van der Waals surface area contributed by atoms with Crippen molar-refractivity contribution in [3.8, 4) is 11.5 Å². The number of rotatable bonds is 8. The highest BCUT2D eigenvalue weighted by Gasteiger charge is 2.38. The van der Waals surface area contributed by atoms with E-state index in [-0.39, 0.29) is 24.0 Å². The molecule has 2 aliphatic rings. The van der Waals surface area contributed by atoms with E-state index in [1.807, 2.05) is 38.1 Å². The number of hydrogen-bond donors (Lipinski definition) is 2. The molecular weight excluding hydrogens is 366 g/mol. The molecule has 0 radical (unpaired) electrons. The van der Waals surface area contributed by atoms with Crippen molar-refractivity contribution in [1.82, 2.24) is 5.32 Å². The minimum Gasteiger partial charge on any atom is -0.493 e. The summed E-state index contributed by atoms with van der Waals surface area (Å²) in [5.74, 6) is 1.94. The maximum atomic E-state index is 12.6. The monoisotopic (exact) mass is 401 g/mol. The summed E-state index contributed by atoms with van der Waals surface area (Å²) in [6, 6.07) is 6.16. The molecular formula is C24H35NO4. The molecule has 0 aliphatic heterocycles. The Labute approximate surface area is 174 Å². The highest BCUT2D eigenvalue weighted by atomic mass is 16.5. The molecule has 0 heterocycles. The molecule has 0 unspecified atom stereocenters. The fraction of sp³-hybridized carbons (Fsp3) is 0.625. The maximum absolute atomic E-state index is 12.6. The van der Waals surface area contributed by atoms with E-state index in [4.69, 9.17) is 9.47 Å². The number of carbonyl (C=O) groups is 1. The number of amides is 1. The third-order valence-electron chi connectivity index (χ3n) is 6.44. The van der Waals surface area contributed by atoms with Crippen molar-refractivity contribution in [1.29, 1.82) is 0 Å². The van der Waals surface area contributed by atoms with Gasteiger partial charge in [-0.15, -0.1) is 6.58 Å². The van der Waals surface area contributed by atoms with Crippen molar-refractivity contribution >= 4 is 5.91 Å². The minimum absolute atomic E-state index is 0.0226. The van der Waals surface area contributed by atoms with Gasteiger partial charge in [-0.1, -0.05) is 12.1 Å². The van der Waals surface area contributed by atoms with E-state index >= 15 is 0 Å². The summed E-state index contributed by atoms with van der Waals surface area (Å²) < 4.78 is 11.5. The van der Waals surface area contributed by atoms with E-state index in [2.05, 4.69) is 11.9 Å². The van der Waals surface area contributed by atoms with E-state index in [0.717, 1.165) is 56.3 Å². The maximum Gasteiger partial charge on any atom is 0.223 e. The van der Waals surface area contributed by atoms with E-state index < -0.39 is 5.60 Å². The molecule has 5 heteroatoms. The number of nitrogens with one attached hydrogen (secondary N) is 1. The van der Waals surface area contributed by atoms with Gasteiger partial charge < -0.3 is 19.9 Å². The zero-order valence-corrected chi connectivity index (χ0v) is 17.9. The SMILES string of the molecule is C=CCc1ccc(OC)c(OC2CC(C(=O)NC3CCC(C(C)(C)O)CC3)C2)c1. The standard InChI is InChI=1S/C24H35NO4/c1-5-6-16-7-12-21(28-4)22(13-16)29-20-14-17(15-20)23(26)25-19-10-8-18(9-11-19)24(2,3)27/h5,7,12-13,17-20,27H,1,6,8-11,14-15H2,2-4H3,(H,25,26). The molecule has 0 spiro atoms. The zero-order valence-electron chi connectivity index (χ0n) is 17.9. The topological polar surface area (TPSA) is 67.8 Å². The van der Waals surface area contributed by atoms with Crippen LogP contribution in [0.1, 0.15) is 57.9 Å². The van der Waals surface area contributed by atoms with Gasteiger partial charge in [0.15, 0.2) is 11.5 Å². The van der Waals surface area contributed by atoms with Crippen molar-refractivity contribution in [2.45, 2.75) is 76.5 Å². The Morgan fingerprint density at radius 3 is 2.52 bits per heavy atom. The van der Waals surface area contributed by atoms with Gasteiger partial charge in [0, 0.05) is 12.0 Å². The summed E-state index contributed by atoms with van der Waals surface area (Å²) in [6.45, 7) is 7.54. The first-order valence-corrected chi connectivity index (χ1v) is 10.8. The zero-order chi connectivity index (χ0) is 21.0. The number of ether oxygens (including phenoxy) is 2. The van der Waals surface area contributed by atoms with Gasteiger partial charge in [-0.25, -0.2) is 0 Å². The molecule has 160 valence electrons. The average molecular weight is 402 g/mol. The van der Waals surface area contributed by atoms with Crippen LogP contribution in [0, 0.1) is 11.8 Å². The summed E-state index contributed by atoms with van der Waals surface area (Å²) in [5.41, 5.74) is 0.503. The van der Waals surface area contributed by atoms with Crippen LogP contribution >= 0.6 is 0 Å². The van der Waals surface area contributed by atoms with Gasteiger partial charge in [0.25, 0.3) is 0 Å². The van der Waals surface area contributed by atoms with Crippen LogP contribution in [0.4, 0.5) is 0 Å². The van der Waals surface area contributed by atoms with Crippen LogP contribution in [0.5, 0.6) is 11.5 Å². The number of hydrogen-bond acceptors (Lipinski definition) is 4. The van der Waals surface area contributed by atoms with Gasteiger partial charge in [-0.05, 0) is 82.4 Å². The second-order valence-corrected chi connectivity index (χ2v) is 9.10. The Bertz CT molecular complexity index is 710. The number of carbonyl (C=O) groups excluding carboxylic acids is 1. The Balaban J connectivity index is 1.45. The molecule has 2 aliphatic carbocycles. The van der Waals surface area contributed by atoms with Crippen LogP contribution in [0.2, 0.25) is 0 Å². The van der Waals surface area contributed by atoms with Crippen LogP contribution in [0.15, 0.2) is 30.9 Å². The third-order valence-corrected chi connectivity index (χ3v) is 6.44. The fourth-order valence-corrected chi connectivity index (χ4v) is 4.43. The van der Waals surface area contributed by atoms with E-state index in [9.17, 15) is 9.90 Å². The van der Waals surface area contributed by atoms with Gasteiger partial charge in [0.2, 0.25) is 5.91 Å².